The summed E-state index contributed by atoms with van der Waals surface area (Å²) < 4.78 is 46.4. The molecule has 0 saturated carbocycles. The van der Waals surface area contributed by atoms with E-state index < -0.39 is 12.8 Å². The number of ether oxygens (including phenoxy) is 1. The van der Waals surface area contributed by atoms with Crippen molar-refractivity contribution in [3.63, 3.8) is 0 Å². The second-order valence-electron chi connectivity index (χ2n) is 4.51. The Morgan fingerprint density at radius 2 is 2.05 bits per heavy atom. The number of alkyl halides is 3. The molecule has 1 N–H and O–H groups in total. The van der Waals surface area contributed by atoms with Gasteiger partial charge in [-0.15, -0.1) is 0 Å². The second kappa shape index (κ2) is 6.96. The normalized spacial score (nSPS) is 13.8. The zero-order valence-electron chi connectivity index (χ0n) is 11.4. The first kappa shape index (κ1) is 16.0. The number of hydrogen-bond donors (Lipinski definition) is 1. The highest BCUT2D eigenvalue weighted by Gasteiger charge is 2.28. The number of rotatable bonds is 7. The van der Waals surface area contributed by atoms with E-state index in [-0.39, 0.29) is 12.6 Å². The molecule has 1 rings (SSSR count). The Labute approximate surface area is 111 Å². The van der Waals surface area contributed by atoms with E-state index in [1.807, 2.05) is 19.9 Å². The van der Waals surface area contributed by atoms with E-state index in [4.69, 9.17) is 9.15 Å². The molecule has 1 unspecified atom stereocenters. The van der Waals surface area contributed by atoms with Gasteiger partial charge in [0.2, 0.25) is 0 Å². The van der Waals surface area contributed by atoms with E-state index in [1.165, 1.54) is 0 Å². The molecule has 6 heteroatoms. The van der Waals surface area contributed by atoms with Gasteiger partial charge in [0.25, 0.3) is 0 Å². The topological polar surface area (TPSA) is 34.4 Å². The molecule has 0 radical (unpaired) electrons. The zero-order valence-corrected chi connectivity index (χ0v) is 11.4. The quantitative estimate of drug-likeness (QED) is 0.829. The van der Waals surface area contributed by atoms with E-state index in [0.717, 1.165) is 17.7 Å². The summed E-state index contributed by atoms with van der Waals surface area (Å²) in [4.78, 5) is 0. The van der Waals surface area contributed by atoms with Gasteiger partial charge in [0.05, 0.1) is 12.6 Å². The lowest BCUT2D eigenvalue weighted by Crippen LogP contribution is -2.28. The Hall–Kier alpha value is -1.01. The van der Waals surface area contributed by atoms with Gasteiger partial charge in [-0.1, -0.05) is 6.92 Å². The van der Waals surface area contributed by atoms with Crippen molar-refractivity contribution in [1.82, 2.24) is 5.32 Å². The maximum absolute atomic E-state index is 12.1. The lowest BCUT2D eigenvalue weighted by Gasteiger charge is -2.18. The minimum Gasteiger partial charge on any atom is -0.466 e. The van der Waals surface area contributed by atoms with Gasteiger partial charge >= 0.3 is 6.18 Å². The summed E-state index contributed by atoms with van der Waals surface area (Å²) in [5.41, 5.74) is 0.855. The van der Waals surface area contributed by atoms with Crippen LogP contribution in [0.25, 0.3) is 0 Å². The summed E-state index contributed by atoms with van der Waals surface area (Å²) in [6.45, 7) is 5.06. The van der Waals surface area contributed by atoms with Crippen LogP contribution in [0.5, 0.6) is 0 Å². The second-order valence-corrected chi connectivity index (χ2v) is 4.51. The average molecular weight is 279 g/mol. The van der Waals surface area contributed by atoms with Crippen LogP contribution in [0.2, 0.25) is 0 Å². The van der Waals surface area contributed by atoms with E-state index in [2.05, 4.69) is 5.32 Å². The first-order valence-electron chi connectivity index (χ1n) is 6.28. The highest BCUT2D eigenvalue weighted by Crippen LogP contribution is 2.23. The Morgan fingerprint density at radius 1 is 1.37 bits per heavy atom. The Balaban J connectivity index is 2.64. The summed E-state index contributed by atoms with van der Waals surface area (Å²) in [6, 6.07) is 1.55. The van der Waals surface area contributed by atoms with Crippen molar-refractivity contribution >= 4 is 0 Å². The van der Waals surface area contributed by atoms with E-state index >= 15 is 0 Å². The standard InChI is InChI=1S/C13H20F3NO2/c1-4-5-17-12(7-18-8-13(14,15)16)11-6-9(2)19-10(11)3/h6,12,17H,4-5,7-8H2,1-3H3. The van der Waals surface area contributed by atoms with Crippen LogP contribution < -0.4 is 5.32 Å². The third-order valence-electron chi connectivity index (χ3n) is 2.65. The predicted octanol–water partition coefficient (Wildman–Crippen LogP) is 3.52. The summed E-state index contributed by atoms with van der Waals surface area (Å²) in [6.07, 6.45) is -3.40. The minimum atomic E-state index is -4.29. The van der Waals surface area contributed by atoms with Crippen LogP contribution in [-0.2, 0) is 4.74 Å². The largest absolute Gasteiger partial charge is 0.466 e. The van der Waals surface area contributed by atoms with Crippen molar-refractivity contribution in [3.8, 4) is 0 Å². The average Bonchev–Trinajstić information content (AvgIpc) is 2.61. The van der Waals surface area contributed by atoms with Crippen LogP contribution in [-0.4, -0.2) is 25.9 Å². The third kappa shape index (κ3) is 5.65. The van der Waals surface area contributed by atoms with Gasteiger partial charge in [-0.2, -0.15) is 13.2 Å². The van der Waals surface area contributed by atoms with Gasteiger partial charge in [0, 0.05) is 5.56 Å². The van der Waals surface area contributed by atoms with Crippen LogP contribution in [0, 0.1) is 13.8 Å². The van der Waals surface area contributed by atoms with Crippen LogP contribution in [0.3, 0.4) is 0 Å². The molecule has 0 amide bonds. The smallest absolute Gasteiger partial charge is 0.411 e. The molecule has 0 saturated heterocycles. The number of furan rings is 1. The Bertz CT molecular complexity index is 388. The maximum atomic E-state index is 12.1. The molecule has 1 atom stereocenters. The fraction of sp³-hybridized carbons (Fsp3) is 0.692. The molecular formula is C13H20F3NO2. The Kier molecular flexibility index (Phi) is 5.87. The lowest BCUT2D eigenvalue weighted by molar-refractivity contribution is -0.175. The van der Waals surface area contributed by atoms with E-state index in [1.54, 1.807) is 6.92 Å². The monoisotopic (exact) mass is 279 g/mol. The van der Waals surface area contributed by atoms with Crippen LogP contribution >= 0.6 is 0 Å². The number of aryl methyl sites for hydroxylation is 2. The fourth-order valence-corrected chi connectivity index (χ4v) is 1.87. The first-order valence-corrected chi connectivity index (χ1v) is 6.28. The third-order valence-corrected chi connectivity index (χ3v) is 2.65. The molecule has 0 aliphatic heterocycles. The minimum absolute atomic E-state index is 0.0284. The molecule has 1 heterocycles. The molecule has 1 aromatic rings. The number of nitrogens with one attached hydrogen (secondary N) is 1. The molecule has 1 aromatic heterocycles. The first-order chi connectivity index (χ1) is 8.83. The zero-order chi connectivity index (χ0) is 14.5. The van der Waals surface area contributed by atoms with Gasteiger partial charge in [0.1, 0.15) is 18.1 Å². The highest BCUT2D eigenvalue weighted by molar-refractivity contribution is 5.24. The van der Waals surface area contributed by atoms with E-state index in [9.17, 15) is 13.2 Å². The van der Waals surface area contributed by atoms with Gasteiger partial charge in [0.15, 0.2) is 0 Å². The van der Waals surface area contributed by atoms with E-state index in [0.29, 0.717) is 12.3 Å². The van der Waals surface area contributed by atoms with Gasteiger partial charge < -0.3 is 14.5 Å². The molecule has 19 heavy (non-hydrogen) atoms. The Morgan fingerprint density at radius 3 is 2.53 bits per heavy atom. The molecule has 0 fully saturated rings. The molecule has 0 aromatic carbocycles. The highest BCUT2D eigenvalue weighted by atomic mass is 19.4. The molecule has 0 aliphatic carbocycles. The molecule has 110 valence electrons. The molecule has 0 bridgehead atoms. The summed E-state index contributed by atoms with van der Waals surface area (Å²) >= 11 is 0. The molecule has 0 spiro atoms. The lowest BCUT2D eigenvalue weighted by atomic mass is 10.1. The van der Waals surface area contributed by atoms with Gasteiger partial charge in [-0.05, 0) is 32.9 Å². The van der Waals surface area contributed by atoms with Crippen LogP contribution in [0.1, 0.15) is 36.5 Å². The fourth-order valence-electron chi connectivity index (χ4n) is 1.87. The van der Waals surface area contributed by atoms with Crippen molar-refractivity contribution in [2.24, 2.45) is 0 Å². The van der Waals surface area contributed by atoms with Crippen LogP contribution in [0.15, 0.2) is 10.5 Å². The maximum Gasteiger partial charge on any atom is 0.411 e. The molecular weight excluding hydrogens is 259 g/mol. The van der Waals surface area contributed by atoms with Crippen molar-refractivity contribution in [1.29, 1.82) is 0 Å². The number of hydrogen-bond acceptors (Lipinski definition) is 3. The van der Waals surface area contributed by atoms with Crippen molar-refractivity contribution in [3.05, 3.63) is 23.2 Å². The summed E-state index contributed by atoms with van der Waals surface area (Å²) in [5, 5.41) is 3.17. The predicted molar refractivity (Wildman–Crippen MR) is 66.1 cm³/mol. The SMILES string of the molecule is CCCNC(COCC(F)(F)F)c1cc(C)oc1C. The van der Waals surface area contributed by atoms with Crippen molar-refractivity contribution in [2.75, 3.05) is 19.8 Å². The summed E-state index contributed by atoms with van der Waals surface area (Å²) in [5.74, 6) is 1.45. The van der Waals surface area contributed by atoms with Crippen molar-refractivity contribution in [2.45, 2.75) is 39.4 Å². The van der Waals surface area contributed by atoms with Gasteiger partial charge in [-0.25, -0.2) is 0 Å². The summed E-state index contributed by atoms with van der Waals surface area (Å²) in [7, 11) is 0. The number of halogens is 3. The van der Waals surface area contributed by atoms with Crippen molar-refractivity contribution < 1.29 is 22.3 Å². The van der Waals surface area contributed by atoms with Gasteiger partial charge in [-0.3, -0.25) is 0 Å². The molecule has 3 nitrogen and oxygen atoms in total. The molecule has 0 aliphatic rings. The van der Waals surface area contributed by atoms with Crippen LogP contribution in [0.4, 0.5) is 13.2 Å².